The first-order valence-electron chi connectivity index (χ1n) is 6.47. The van der Waals surface area contributed by atoms with E-state index in [-0.39, 0.29) is 13.0 Å². The Morgan fingerprint density at radius 2 is 1.95 bits per heavy atom. The molecule has 0 spiro atoms. The molecule has 6 heteroatoms. The van der Waals surface area contributed by atoms with Gasteiger partial charge in [0.2, 0.25) is 0 Å². The summed E-state index contributed by atoms with van der Waals surface area (Å²) in [7, 11) is 0. The zero-order chi connectivity index (χ0) is 15.1. The largest absolute Gasteiger partial charge is 0.481 e. The third-order valence-electron chi connectivity index (χ3n) is 2.88. The number of ether oxygens (including phenoxy) is 1. The molecule has 1 amide bonds. The number of aliphatic carboxylic acids is 1. The lowest BCUT2D eigenvalue weighted by Gasteiger charge is -2.15. The fourth-order valence-corrected chi connectivity index (χ4v) is 1.88. The number of nitrogens with one attached hydrogen (secondary N) is 2. The number of hydrogen-bond acceptors (Lipinski definition) is 3. The van der Waals surface area contributed by atoms with Crippen LogP contribution in [0.3, 0.4) is 0 Å². The van der Waals surface area contributed by atoms with Gasteiger partial charge < -0.3 is 20.1 Å². The van der Waals surface area contributed by atoms with Crippen LogP contribution in [0, 0.1) is 0 Å². The van der Waals surface area contributed by atoms with E-state index in [9.17, 15) is 9.59 Å². The number of amides is 1. The minimum atomic E-state index is -1.00. The smallest absolute Gasteiger partial charge is 0.408 e. The van der Waals surface area contributed by atoms with Gasteiger partial charge >= 0.3 is 12.1 Å². The first-order valence-corrected chi connectivity index (χ1v) is 6.47. The molecule has 0 unspecified atom stereocenters. The van der Waals surface area contributed by atoms with E-state index in [0.717, 1.165) is 5.56 Å². The van der Waals surface area contributed by atoms with Crippen molar-refractivity contribution in [2.24, 2.45) is 0 Å². The van der Waals surface area contributed by atoms with Crippen molar-refractivity contribution in [2.75, 3.05) is 0 Å². The average molecular weight is 288 g/mol. The van der Waals surface area contributed by atoms with Crippen LogP contribution in [0.2, 0.25) is 0 Å². The van der Waals surface area contributed by atoms with Gasteiger partial charge in [-0.15, -0.1) is 0 Å². The van der Waals surface area contributed by atoms with Crippen LogP contribution in [0.25, 0.3) is 0 Å². The number of carboxylic acids is 1. The first-order chi connectivity index (χ1) is 10.1. The molecule has 0 radical (unpaired) electrons. The number of aromatic nitrogens is 1. The highest BCUT2D eigenvalue weighted by atomic mass is 16.5. The third-order valence-corrected chi connectivity index (χ3v) is 2.88. The molecule has 1 heterocycles. The second-order valence-electron chi connectivity index (χ2n) is 4.48. The summed E-state index contributed by atoms with van der Waals surface area (Å²) in [5.41, 5.74) is 1.48. The van der Waals surface area contributed by atoms with E-state index in [1.165, 1.54) is 0 Å². The Balaban J connectivity index is 1.90. The Morgan fingerprint density at radius 3 is 2.57 bits per heavy atom. The van der Waals surface area contributed by atoms with Crippen LogP contribution in [-0.4, -0.2) is 22.2 Å². The number of rotatable bonds is 6. The van der Waals surface area contributed by atoms with Crippen molar-refractivity contribution in [3.63, 3.8) is 0 Å². The minimum Gasteiger partial charge on any atom is -0.481 e. The standard InChI is InChI=1S/C15H16N2O4/c18-14(19)9-13(12-7-4-8-16-12)17-15(20)21-10-11-5-2-1-3-6-11/h1-8,13,16H,9-10H2,(H,17,20)(H,18,19)/t13-/m1/s1. The molecule has 2 rings (SSSR count). The Morgan fingerprint density at radius 1 is 1.19 bits per heavy atom. The van der Waals surface area contributed by atoms with Crippen LogP contribution < -0.4 is 5.32 Å². The SMILES string of the molecule is O=C(O)C[C@@H](NC(=O)OCc1ccccc1)c1ccc[nH]1. The monoisotopic (exact) mass is 288 g/mol. The number of hydrogen-bond donors (Lipinski definition) is 3. The number of carboxylic acid groups (broad SMARTS) is 1. The minimum absolute atomic E-state index is 0.136. The quantitative estimate of drug-likeness (QED) is 0.761. The lowest BCUT2D eigenvalue weighted by Crippen LogP contribution is -2.30. The summed E-state index contributed by atoms with van der Waals surface area (Å²) in [6.07, 6.45) is 0.793. The molecule has 110 valence electrons. The van der Waals surface area contributed by atoms with Gasteiger partial charge in [0.25, 0.3) is 0 Å². The zero-order valence-electron chi connectivity index (χ0n) is 11.3. The number of aromatic amines is 1. The maximum absolute atomic E-state index is 11.8. The van der Waals surface area contributed by atoms with E-state index in [4.69, 9.17) is 9.84 Å². The molecular formula is C15H16N2O4. The number of carbonyl (C=O) groups is 2. The van der Waals surface area contributed by atoms with Crippen LogP contribution in [0.15, 0.2) is 48.7 Å². The molecule has 0 fully saturated rings. The van der Waals surface area contributed by atoms with Crippen molar-refractivity contribution in [1.29, 1.82) is 0 Å². The molecular weight excluding hydrogens is 272 g/mol. The van der Waals surface area contributed by atoms with Crippen molar-refractivity contribution in [3.8, 4) is 0 Å². The topological polar surface area (TPSA) is 91.4 Å². The summed E-state index contributed by atoms with van der Waals surface area (Å²) in [5, 5.41) is 11.4. The van der Waals surface area contributed by atoms with Crippen LogP contribution in [0.5, 0.6) is 0 Å². The Kier molecular flexibility index (Phi) is 4.98. The summed E-state index contributed by atoms with van der Waals surface area (Å²) in [6, 6.07) is 12.1. The van der Waals surface area contributed by atoms with E-state index in [2.05, 4.69) is 10.3 Å². The van der Waals surface area contributed by atoms with Crippen LogP contribution in [-0.2, 0) is 16.1 Å². The fraction of sp³-hybridized carbons (Fsp3) is 0.200. The fourth-order valence-electron chi connectivity index (χ4n) is 1.88. The van der Waals surface area contributed by atoms with E-state index in [1.54, 1.807) is 18.3 Å². The highest BCUT2D eigenvalue weighted by molar-refractivity contribution is 5.71. The molecule has 1 atom stereocenters. The van der Waals surface area contributed by atoms with Gasteiger partial charge in [0, 0.05) is 11.9 Å². The predicted octanol–water partition coefficient (Wildman–Crippen LogP) is 2.46. The van der Waals surface area contributed by atoms with Gasteiger partial charge in [-0.25, -0.2) is 4.79 Å². The second kappa shape index (κ2) is 7.14. The Labute approximate surface area is 121 Å². The van der Waals surface area contributed by atoms with Crippen LogP contribution in [0.4, 0.5) is 4.79 Å². The summed E-state index contributed by atoms with van der Waals surface area (Å²) < 4.78 is 5.08. The van der Waals surface area contributed by atoms with Crippen molar-refractivity contribution in [2.45, 2.75) is 19.1 Å². The zero-order valence-corrected chi connectivity index (χ0v) is 11.3. The van der Waals surface area contributed by atoms with Gasteiger partial charge in [0.15, 0.2) is 0 Å². The molecule has 2 aromatic rings. The molecule has 1 aromatic carbocycles. The molecule has 3 N–H and O–H groups in total. The van der Waals surface area contributed by atoms with Crippen LogP contribution >= 0.6 is 0 Å². The van der Waals surface area contributed by atoms with Gasteiger partial charge in [-0.05, 0) is 17.7 Å². The third kappa shape index (κ3) is 4.68. The van der Waals surface area contributed by atoms with Crippen molar-refractivity contribution in [3.05, 3.63) is 59.9 Å². The summed E-state index contributed by atoms with van der Waals surface area (Å²) in [5.74, 6) is -1.00. The van der Waals surface area contributed by atoms with Gasteiger partial charge in [-0.3, -0.25) is 4.79 Å². The summed E-state index contributed by atoms with van der Waals surface area (Å²) in [6.45, 7) is 0.136. The Hall–Kier alpha value is -2.76. The number of alkyl carbamates (subject to hydrolysis) is 1. The van der Waals surface area contributed by atoms with Crippen molar-refractivity contribution >= 4 is 12.1 Å². The second-order valence-corrected chi connectivity index (χ2v) is 4.48. The van der Waals surface area contributed by atoms with Gasteiger partial charge in [-0.1, -0.05) is 30.3 Å². The average Bonchev–Trinajstić information content (AvgIpc) is 2.99. The van der Waals surface area contributed by atoms with Crippen molar-refractivity contribution in [1.82, 2.24) is 10.3 Å². The summed E-state index contributed by atoms with van der Waals surface area (Å²) in [4.78, 5) is 25.5. The van der Waals surface area contributed by atoms with E-state index < -0.39 is 18.1 Å². The van der Waals surface area contributed by atoms with Gasteiger partial charge in [-0.2, -0.15) is 0 Å². The highest BCUT2D eigenvalue weighted by Gasteiger charge is 2.19. The molecule has 0 aliphatic carbocycles. The molecule has 1 aromatic heterocycles. The normalized spacial score (nSPS) is 11.6. The number of benzene rings is 1. The summed E-state index contributed by atoms with van der Waals surface area (Å²) >= 11 is 0. The maximum Gasteiger partial charge on any atom is 0.408 e. The molecule has 0 bridgehead atoms. The molecule has 21 heavy (non-hydrogen) atoms. The molecule has 0 saturated heterocycles. The lowest BCUT2D eigenvalue weighted by molar-refractivity contribution is -0.137. The lowest BCUT2D eigenvalue weighted by atomic mass is 10.1. The first kappa shape index (κ1) is 14.6. The van der Waals surface area contributed by atoms with Gasteiger partial charge in [0.1, 0.15) is 6.61 Å². The van der Waals surface area contributed by atoms with Gasteiger partial charge in [0.05, 0.1) is 12.5 Å². The number of carbonyl (C=O) groups excluding carboxylic acids is 1. The molecule has 0 aliphatic heterocycles. The van der Waals surface area contributed by atoms with E-state index in [0.29, 0.717) is 5.69 Å². The van der Waals surface area contributed by atoms with Crippen LogP contribution in [0.1, 0.15) is 23.7 Å². The van der Waals surface area contributed by atoms with E-state index in [1.807, 2.05) is 30.3 Å². The van der Waals surface area contributed by atoms with Crippen molar-refractivity contribution < 1.29 is 19.4 Å². The maximum atomic E-state index is 11.8. The van der Waals surface area contributed by atoms with E-state index >= 15 is 0 Å². The Bertz CT molecular complexity index is 581. The molecule has 6 nitrogen and oxygen atoms in total. The highest BCUT2D eigenvalue weighted by Crippen LogP contribution is 2.15. The molecule has 0 saturated carbocycles. The molecule has 0 aliphatic rings. The predicted molar refractivity (Wildman–Crippen MR) is 75.5 cm³/mol. The number of H-pyrrole nitrogens is 1.